The smallest absolute Gasteiger partial charge is 0.138 e. The first-order valence-corrected chi connectivity index (χ1v) is 8.43. The first-order valence-electron chi connectivity index (χ1n) is 8.05. The molecule has 0 aliphatic carbocycles. The number of hydrogen-bond donors (Lipinski definition) is 2. The molecule has 2 nitrogen and oxygen atoms in total. The summed E-state index contributed by atoms with van der Waals surface area (Å²) in [6.07, 6.45) is 2.32. The van der Waals surface area contributed by atoms with Gasteiger partial charge in [-0.1, -0.05) is 90.5 Å². The molecule has 25 heavy (non-hydrogen) atoms. The van der Waals surface area contributed by atoms with E-state index in [4.69, 9.17) is 11.6 Å². The fourth-order valence-corrected chi connectivity index (χ4v) is 2.86. The van der Waals surface area contributed by atoms with Crippen molar-refractivity contribution in [3.05, 3.63) is 113 Å². The molecule has 0 aliphatic rings. The van der Waals surface area contributed by atoms with Crippen molar-refractivity contribution in [2.45, 2.75) is 11.7 Å². The number of aliphatic hydroxyl groups excluding tert-OH is 1. The van der Waals surface area contributed by atoms with Gasteiger partial charge in [-0.25, -0.2) is 0 Å². The molecule has 0 fully saturated rings. The highest BCUT2D eigenvalue weighted by molar-refractivity contribution is 6.30. The van der Waals surface area contributed by atoms with E-state index in [1.807, 2.05) is 54.6 Å². The molecule has 3 rings (SSSR count). The van der Waals surface area contributed by atoms with Gasteiger partial charge in [0.05, 0.1) is 0 Å². The zero-order valence-corrected chi connectivity index (χ0v) is 14.3. The van der Waals surface area contributed by atoms with Gasteiger partial charge < -0.3 is 10.2 Å². The first kappa shape index (κ1) is 17.4. The van der Waals surface area contributed by atoms with Crippen LogP contribution in [0.3, 0.4) is 0 Å². The van der Waals surface area contributed by atoms with Crippen molar-refractivity contribution in [2.24, 2.45) is 0 Å². The normalized spacial score (nSPS) is 15.0. The van der Waals surface area contributed by atoms with Gasteiger partial charge in [-0.05, 0) is 34.9 Å². The number of hydrogen-bond acceptors (Lipinski definition) is 2. The van der Waals surface area contributed by atoms with E-state index >= 15 is 0 Å². The standard InChI is InChI=1S/C22H19ClO2/c23-20-13-11-18(12-14-20)21(24)22(25,19-9-5-2-6-10-19)16-15-17-7-3-1-4-8-17/h1-16,21,24-25H/b16-15+/t21-,22-/m1/s1. The van der Waals surface area contributed by atoms with Crippen molar-refractivity contribution >= 4 is 17.7 Å². The monoisotopic (exact) mass is 350 g/mol. The van der Waals surface area contributed by atoms with Crippen LogP contribution in [0.1, 0.15) is 22.8 Å². The van der Waals surface area contributed by atoms with Crippen LogP contribution in [0.4, 0.5) is 0 Å². The van der Waals surface area contributed by atoms with Crippen LogP contribution < -0.4 is 0 Å². The Morgan fingerprint density at radius 3 is 1.96 bits per heavy atom. The Bertz CT molecular complexity index is 829. The maximum absolute atomic E-state index is 11.4. The predicted molar refractivity (Wildman–Crippen MR) is 102 cm³/mol. The summed E-state index contributed by atoms with van der Waals surface area (Å²) in [4.78, 5) is 0. The van der Waals surface area contributed by atoms with Crippen LogP contribution in [0.15, 0.2) is 91.0 Å². The summed E-state index contributed by atoms with van der Waals surface area (Å²) in [6, 6.07) is 25.7. The minimum atomic E-state index is -1.56. The van der Waals surface area contributed by atoms with Crippen LogP contribution in [0, 0.1) is 0 Å². The lowest BCUT2D eigenvalue weighted by Crippen LogP contribution is -2.31. The van der Waals surface area contributed by atoms with Crippen molar-refractivity contribution in [1.82, 2.24) is 0 Å². The van der Waals surface area contributed by atoms with Crippen LogP contribution in [0.2, 0.25) is 5.02 Å². The van der Waals surface area contributed by atoms with E-state index in [1.165, 1.54) is 0 Å². The molecule has 3 aromatic rings. The second-order valence-corrected chi connectivity index (χ2v) is 6.33. The van der Waals surface area contributed by atoms with E-state index in [1.54, 1.807) is 42.5 Å². The average Bonchev–Trinajstić information content (AvgIpc) is 2.67. The van der Waals surface area contributed by atoms with Crippen molar-refractivity contribution in [3.8, 4) is 0 Å². The molecule has 126 valence electrons. The molecule has 2 atom stereocenters. The lowest BCUT2D eigenvalue weighted by atomic mass is 9.84. The molecular weight excluding hydrogens is 332 g/mol. The van der Waals surface area contributed by atoms with Gasteiger partial charge in [0.15, 0.2) is 0 Å². The van der Waals surface area contributed by atoms with Crippen LogP contribution >= 0.6 is 11.6 Å². The summed E-state index contributed by atoms with van der Waals surface area (Å²) >= 11 is 5.93. The Morgan fingerprint density at radius 2 is 1.36 bits per heavy atom. The highest BCUT2D eigenvalue weighted by Gasteiger charge is 2.36. The Kier molecular flexibility index (Phi) is 5.34. The second-order valence-electron chi connectivity index (χ2n) is 5.89. The average molecular weight is 351 g/mol. The Morgan fingerprint density at radius 1 is 0.800 bits per heavy atom. The highest BCUT2D eigenvalue weighted by Crippen LogP contribution is 2.37. The number of halogens is 1. The largest absolute Gasteiger partial charge is 0.385 e. The minimum absolute atomic E-state index is 0.582. The second kappa shape index (κ2) is 7.66. The SMILES string of the molecule is O[C@H](c1ccc(Cl)cc1)[C@@](O)(/C=C/c1ccccc1)c1ccccc1. The van der Waals surface area contributed by atoms with Gasteiger partial charge in [0.1, 0.15) is 11.7 Å². The maximum atomic E-state index is 11.4. The lowest BCUT2D eigenvalue weighted by molar-refractivity contribution is -0.0453. The zero-order valence-electron chi connectivity index (χ0n) is 13.6. The van der Waals surface area contributed by atoms with Crippen LogP contribution in [-0.4, -0.2) is 10.2 Å². The zero-order chi connectivity index (χ0) is 17.7. The van der Waals surface area contributed by atoms with E-state index in [0.29, 0.717) is 16.1 Å². The summed E-state index contributed by atoms with van der Waals surface area (Å²) in [5, 5.41) is 22.9. The summed E-state index contributed by atoms with van der Waals surface area (Å²) in [5.41, 5.74) is 0.587. The third kappa shape index (κ3) is 3.99. The molecule has 0 amide bonds. The van der Waals surface area contributed by atoms with Crippen LogP contribution in [0.25, 0.3) is 6.08 Å². The Balaban J connectivity index is 2.02. The minimum Gasteiger partial charge on any atom is -0.385 e. The Labute approximate surface area is 152 Å². The molecule has 0 heterocycles. The van der Waals surface area contributed by atoms with Crippen molar-refractivity contribution in [3.63, 3.8) is 0 Å². The van der Waals surface area contributed by atoms with Crippen LogP contribution in [-0.2, 0) is 5.60 Å². The third-order valence-electron chi connectivity index (χ3n) is 4.17. The number of benzene rings is 3. The van der Waals surface area contributed by atoms with Gasteiger partial charge in [-0.3, -0.25) is 0 Å². The van der Waals surface area contributed by atoms with E-state index in [2.05, 4.69) is 0 Å². The van der Waals surface area contributed by atoms with Crippen molar-refractivity contribution in [1.29, 1.82) is 0 Å². The molecule has 0 radical (unpaired) electrons. The highest BCUT2D eigenvalue weighted by atomic mass is 35.5. The summed E-state index contributed by atoms with van der Waals surface area (Å²) in [7, 11) is 0. The quantitative estimate of drug-likeness (QED) is 0.681. The van der Waals surface area contributed by atoms with Crippen molar-refractivity contribution in [2.75, 3.05) is 0 Å². The molecule has 0 unspecified atom stereocenters. The molecule has 0 bridgehead atoms. The van der Waals surface area contributed by atoms with Gasteiger partial charge in [-0.2, -0.15) is 0 Å². The first-order chi connectivity index (χ1) is 12.1. The van der Waals surface area contributed by atoms with Gasteiger partial charge >= 0.3 is 0 Å². The fourth-order valence-electron chi connectivity index (χ4n) is 2.74. The number of aliphatic hydroxyl groups is 2. The van der Waals surface area contributed by atoms with Crippen LogP contribution in [0.5, 0.6) is 0 Å². The molecule has 0 saturated heterocycles. The predicted octanol–water partition coefficient (Wildman–Crippen LogP) is 4.97. The van der Waals surface area contributed by atoms with Gasteiger partial charge in [0.2, 0.25) is 0 Å². The molecule has 3 heteroatoms. The molecule has 0 saturated carbocycles. The number of rotatable bonds is 5. The van der Waals surface area contributed by atoms with Gasteiger partial charge in [-0.15, -0.1) is 0 Å². The summed E-state index contributed by atoms with van der Waals surface area (Å²) in [6.45, 7) is 0. The molecule has 0 spiro atoms. The summed E-state index contributed by atoms with van der Waals surface area (Å²) in [5.74, 6) is 0. The van der Waals surface area contributed by atoms with E-state index in [0.717, 1.165) is 5.56 Å². The molecule has 0 aliphatic heterocycles. The topological polar surface area (TPSA) is 40.5 Å². The Hall–Kier alpha value is -2.39. The van der Waals surface area contributed by atoms with Gasteiger partial charge in [0.25, 0.3) is 0 Å². The summed E-state index contributed by atoms with van der Waals surface area (Å²) < 4.78 is 0. The van der Waals surface area contributed by atoms with Gasteiger partial charge in [0, 0.05) is 5.02 Å². The molecule has 2 N–H and O–H groups in total. The fraction of sp³-hybridized carbons (Fsp3) is 0.0909. The lowest BCUT2D eigenvalue weighted by Gasteiger charge is -2.31. The van der Waals surface area contributed by atoms with E-state index in [9.17, 15) is 10.2 Å². The maximum Gasteiger partial charge on any atom is 0.138 e. The van der Waals surface area contributed by atoms with E-state index in [-0.39, 0.29) is 0 Å². The third-order valence-corrected chi connectivity index (χ3v) is 4.42. The molecule has 3 aromatic carbocycles. The molecule has 0 aromatic heterocycles. The molecular formula is C22H19ClO2. The van der Waals surface area contributed by atoms with E-state index < -0.39 is 11.7 Å². The van der Waals surface area contributed by atoms with Crippen molar-refractivity contribution < 1.29 is 10.2 Å².